The number of benzene rings is 2. The molecule has 0 aliphatic carbocycles. The maximum Gasteiger partial charge on any atom is 0.265 e. The zero-order chi connectivity index (χ0) is 16.4. The molecule has 120 valence electrons. The second-order valence-electron chi connectivity index (χ2n) is 5.37. The second-order valence-corrected chi connectivity index (χ2v) is 7.12. The van der Waals surface area contributed by atoms with Crippen molar-refractivity contribution in [2.75, 3.05) is 16.3 Å². The lowest BCUT2D eigenvalue weighted by Crippen LogP contribution is -2.38. The van der Waals surface area contributed by atoms with Crippen molar-refractivity contribution in [2.45, 2.75) is 12.5 Å². The number of hydrogen-bond donors (Lipinski definition) is 2. The second kappa shape index (κ2) is 5.92. The fourth-order valence-electron chi connectivity index (χ4n) is 2.42. The van der Waals surface area contributed by atoms with Crippen molar-refractivity contribution >= 4 is 27.3 Å². The number of nitrogens with one attached hydrogen (secondary N) is 2. The third kappa shape index (κ3) is 3.81. The van der Waals surface area contributed by atoms with Crippen LogP contribution in [0, 0.1) is 0 Å². The molecule has 6 nitrogen and oxygen atoms in total. The summed E-state index contributed by atoms with van der Waals surface area (Å²) in [5.41, 5.74) is 1.92. The molecule has 0 fully saturated rings. The van der Waals surface area contributed by atoms with Gasteiger partial charge in [0.25, 0.3) is 5.91 Å². The number of carbonyl (C=O) groups is 1. The number of rotatable bonds is 4. The summed E-state index contributed by atoms with van der Waals surface area (Å²) in [7, 11) is -3.34. The first-order valence-corrected chi connectivity index (χ1v) is 8.93. The van der Waals surface area contributed by atoms with Crippen LogP contribution >= 0.6 is 0 Å². The van der Waals surface area contributed by atoms with Gasteiger partial charge in [0.2, 0.25) is 10.0 Å². The highest BCUT2D eigenvalue weighted by atomic mass is 32.2. The van der Waals surface area contributed by atoms with Crippen molar-refractivity contribution in [3.05, 3.63) is 54.1 Å². The molecule has 0 spiro atoms. The monoisotopic (exact) mass is 332 g/mol. The van der Waals surface area contributed by atoms with E-state index in [4.69, 9.17) is 4.74 Å². The van der Waals surface area contributed by atoms with E-state index in [1.54, 1.807) is 30.3 Å². The van der Waals surface area contributed by atoms with Gasteiger partial charge in [-0.15, -0.1) is 0 Å². The van der Waals surface area contributed by atoms with E-state index < -0.39 is 16.1 Å². The molecule has 7 heteroatoms. The van der Waals surface area contributed by atoms with Crippen molar-refractivity contribution in [3.63, 3.8) is 0 Å². The molecule has 2 N–H and O–H groups in total. The fraction of sp³-hybridized carbons (Fsp3) is 0.188. The Bertz CT molecular complexity index is 849. The largest absolute Gasteiger partial charge is 0.478 e. The Morgan fingerprint density at radius 2 is 1.96 bits per heavy atom. The topological polar surface area (TPSA) is 84.5 Å². The number of anilines is 2. The van der Waals surface area contributed by atoms with Gasteiger partial charge in [0.05, 0.1) is 11.9 Å². The van der Waals surface area contributed by atoms with E-state index in [-0.39, 0.29) is 5.91 Å². The van der Waals surface area contributed by atoms with Gasteiger partial charge in [-0.25, -0.2) is 8.42 Å². The first kappa shape index (κ1) is 15.4. The van der Waals surface area contributed by atoms with Crippen LogP contribution < -0.4 is 14.8 Å². The molecule has 1 aliphatic heterocycles. The molecule has 0 aromatic heterocycles. The molecular weight excluding hydrogens is 316 g/mol. The van der Waals surface area contributed by atoms with E-state index in [9.17, 15) is 13.2 Å². The summed E-state index contributed by atoms with van der Waals surface area (Å²) in [6.07, 6.45) is 0.784. The molecule has 0 saturated heterocycles. The van der Waals surface area contributed by atoms with Gasteiger partial charge in [-0.05, 0) is 29.8 Å². The van der Waals surface area contributed by atoms with Crippen LogP contribution in [0.1, 0.15) is 5.56 Å². The van der Waals surface area contributed by atoms with Crippen molar-refractivity contribution < 1.29 is 17.9 Å². The molecule has 2 aromatic carbocycles. The minimum Gasteiger partial charge on any atom is -0.478 e. The third-order valence-electron chi connectivity index (χ3n) is 3.36. The Labute approximate surface area is 134 Å². The Morgan fingerprint density at radius 1 is 1.17 bits per heavy atom. The van der Waals surface area contributed by atoms with Crippen LogP contribution in [0.4, 0.5) is 11.4 Å². The molecule has 3 rings (SSSR count). The van der Waals surface area contributed by atoms with E-state index in [1.807, 2.05) is 18.2 Å². The van der Waals surface area contributed by atoms with Crippen molar-refractivity contribution in [1.82, 2.24) is 0 Å². The van der Waals surface area contributed by atoms with Gasteiger partial charge < -0.3 is 10.1 Å². The molecule has 0 saturated carbocycles. The van der Waals surface area contributed by atoms with Crippen molar-refractivity contribution in [1.29, 1.82) is 0 Å². The normalized spacial score (nSPS) is 16.9. The zero-order valence-electron chi connectivity index (χ0n) is 12.4. The predicted octanol–water partition coefficient (Wildman–Crippen LogP) is 2.00. The van der Waals surface area contributed by atoms with Crippen LogP contribution in [0.25, 0.3) is 0 Å². The summed E-state index contributed by atoms with van der Waals surface area (Å²) in [6, 6.07) is 14.1. The molecule has 1 amide bonds. The van der Waals surface area contributed by atoms with E-state index in [2.05, 4.69) is 10.0 Å². The number of fused-ring (bicyclic) bond motifs is 1. The highest BCUT2D eigenvalue weighted by molar-refractivity contribution is 7.92. The van der Waals surface area contributed by atoms with Gasteiger partial charge in [-0.2, -0.15) is 0 Å². The quantitative estimate of drug-likeness (QED) is 0.897. The molecule has 1 atom stereocenters. The number of ether oxygens (including phenoxy) is 1. The summed E-state index contributed by atoms with van der Waals surface area (Å²) < 4.78 is 30.7. The molecule has 2 aromatic rings. The smallest absolute Gasteiger partial charge is 0.265 e. The first-order valence-electron chi connectivity index (χ1n) is 7.04. The maximum absolute atomic E-state index is 12.1. The van der Waals surface area contributed by atoms with Gasteiger partial charge in [0.15, 0.2) is 6.10 Å². The molecular formula is C16H16N2O4S. The van der Waals surface area contributed by atoms with E-state index in [1.165, 1.54) is 0 Å². The Hall–Kier alpha value is -2.54. The van der Waals surface area contributed by atoms with Crippen LogP contribution in [0.2, 0.25) is 0 Å². The minimum absolute atomic E-state index is 0.217. The summed E-state index contributed by atoms with van der Waals surface area (Å²) in [5.74, 6) is 0.410. The van der Waals surface area contributed by atoms with Crippen LogP contribution in [-0.2, 0) is 21.2 Å². The number of amides is 1. The van der Waals surface area contributed by atoms with E-state index in [0.717, 1.165) is 11.8 Å². The van der Waals surface area contributed by atoms with Crippen LogP contribution in [-0.4, -0.2) is 26.7 Å². The van der Waals surface area contributed by atoms with Gasteiger partial charge in [0.1, 0.15) is 5.75 Å². The van der Waals surface area contributed by atoms with E-state index in [0.29, 0.717) is 23.5 Å². The average Bonchev–Trinajstić information content (AvgIpc) is 2.46. The lowest BCUT2D eigenvalue weighted by atomic mass is 10.1. The number of hydrogen-bond acceptors (Lipinski definition) is 4. The van der Waals surface area contributed by atoms with Crippen LogP contribution in [0.5, 0.6) is 5.75 Å². The maximum atomic E-state index is 12.1. The van der Waals surface area contributed by atoms with Gasteiger partial charge in [-0.1, -0.05) is 24.3 Å². The lowest BCUT2D eigenvalue weighted by Gasteiger charge is -2.25. The van der Waals surface area contributed by atoms with Crippen LogP contribution in [0.15, 0.2) is 48.5 Å². The highest BCUT2D eigenvalue weighted by Crippen LogP contribution is 2.29. The van der Waals surface area contributed by atoms with Crippen LogP contribution in [0.3, 0.4) is 0 Å². The summed E-state index contributed by atoms with van der Waals surface area (Å²) >= 11 is 0. The third-order valence-corrected chi connectivity index (χ3v) is 3.96. The molecule has 1 aliphatic rings. The van der Waals surface area contributed by atoms with Gasteiger partial charge >= 0.3 is 0 Å². The number of carbonyl (C=O) groups excluding carboxylic acids is 1. The standard InChI is InChI=1S/C16H16N2O4S/c1-23(20,21)18-12-6-4-5-11(9-12)10-15-16(19)17-13-7-2-3-8-14(13)22-15/h2-9,15,18H,10H2,1H3,(H,17,19). The summed E-state index contributed by atoms with van der Waals surface area (Å²) in [6.45, 7) is 0. The zero-order valence-corrected chi connectivity index (χ0v) is 13.3. The molecule has 0 bridgehead atoms. The minimum atomic E-state index is -3.34. The SMILES string of the molecule is CS(=O)(=O)Nc1cccc(CC2Oc3ccccc3NC2=O)c1. The number of sulfonamides is 1. The molecule has 0 radical (unpaired) electrons. The molecule has 1 heterocycles. The van der Waals surface area contributed by atoms with E-state index >= 15 is 0 Å². The highest BCUT2D eigenvalue weighted by Gasteiger charge is 2.27. The average molecular weight is 332 g/mol. The predicted molar refractivity (Wildman–Crippen MR) is 88.1 cm³/mol. The van der Waals surface area contributed by atoms with Crippen molar-refractivity contribution in [2.24, 2.45) is 0 Å². The molecule has 1 unspecified atom stereocenters. The van der Waals surface area contributed by atoms with Gasteiger partial charge in [-0.3, -0.25) is 9.52 Å². The molecule has 23 heavy (non-hydrogen) atoms. The Balaban J connectivity index is 1.77. The summed E-state index contributed by atoms with van der Waals surface area (Å²) in [5, 5.41) is 2.81. The number of para-hydroxylation sites is 2. The lowest BCUT2D eigenvalue weighted by molar-refractivity contribution is -0.123. The van der Waals surface area contributed by atoms with Crippen molar-refractivity contribution in [3.8, 4) is 5.75 Å². The first-order chi connectivity index (χ1) is 10.9. The Morgan fingerprint density at radius 3 is 2.74 bits per heavy atom. The van der Waals surface area contributed by atoms with Gasteiger partial charge in [0, 0.05) is 12.1 Å². The fourth-order valence-corrected chi connectivity index (χ4v) is 2.97. The Kier molecular flexibility index (Phi) is 3.96. The summed E-state index contributed by atoms with van der Waals surface area (Å²) in [4.78, 5) is 12.1.